The van der Waals surface area contributed by atoms with Gasteiger partial charge in [-0.1, -0.05) is 42.5 Å². The largest absolute Gasteiger partial charge is 0.478 e. The second kappa shape index (κ2) is 11.3. The summed E-state index contributed by atoms with van der Waals surface area (Å²) in [6.45, 7) is 0.0975. The van der Waals surface area contributed by atoms with E-state index in [9.17, 15) is 35.9 Å². The molecular formula is C32H22F6N2O3. The van der Waals surface area contributed by atoms with Crippen LogP contribution in [-0.2, 0) is 25.4 Å². The third-order valence-electron chi connectivity index (χ3n) is 6.94. The fraction of sp³-hybridized carbons (Fsp3) is 0.125. The SMILES string of the molecule is O=C(O)c1ccc(CNC(=O)c2cc(-c3ccccc3C(F)(F)F)cc3ccn(Cc4ccc(C(F)(F)F)cc4)c23)cc1. The summed E-state index contributed by atoms with van der Waals surface area (Å²) in [6, 6.07) is 19.9. The minimum Gasteiger partial charge on any atom is -0.478 e. The molecule has 0 saturated heterocycles. The number of aromatic nitrogens is 1. The van der Waals surface area contributed by atoms with Crippen LogP contribution in [0.4, 0.5) is 26.3 Å². The Morgan fingerprint density at radius 1 is 0.767 bits per heavy atom. The smallest absolute Gasteiger partial charge is 0.417 e. The molecule has 0 radical (unpaired) electrons. The van der Waals surface area contributed by atoms with Crippen molar-refractivity contribution in [1.29, 1.82) is 0 Å². The van der Waals surface area contributed by atoms with Gasteiger partial charge in [-0.25, -0.2) is 4.79 Å². The van der Waals surface area contributed by atoms with E-state index in [4.69, 9.17) is 5.11 Å². The van der Waals surface area contributed by atoms with Crippen molar-refractivity contribution in [3.05, 3.63) is 131 Å². The molecule has 1 aromatic heterocycles. The van der Waals surface area contributed by atoms with Gasteiger partial charge in [0.15, 0.2) is 0 Å². The van der Waals surface area contributed by atoms with Crippen LogP contribution in [0.3, 0.4) is 0 Å². The maximum absolute atomic E-state index is 13.9. The van der Waals surface area contributed by atoms with Crippen LogP contribution in [0.25, 0.3) is 22.0 Å². The van der Waals surface area contributed by atoms with Gasteiger partial charge in [0, 0.05) is 24.7 Å². The first-order valence-corrected chi connectivity index (χ1v) is 12.9. The quantitative estimate of drug-likeness (QED) is 0.187. The molecule has 0 saturated carbocycles. The second-order valence-electron chi connectivity index (χ2n) is 9.83. The summed E-state index contributed by atoms with van der Waals surface area (Å²) in [6.07, 6.45) is -7.53. The second-order valence-corrected chi connectivity index (χ2v) is 9.83. The van der Waals surface area contributed by atoms with Crippen LogP contribution in [0.1, 0.15) is 43.0 Å². The highest BCUT2D eigenvalue weighted by atomic mass is 19.4. The Hall–Kier alpha value is -5.06. The van der Waals surface area contributed by atoms with Gasteiger partial charge in [0.1, 0.15) is 0 Å². The van der Waals surface area contributed by atoms with Crippen LogP contribution >= 0.6 is 0 Å². The summed E-state index contributed by atoms with van der Waals surface area (Å²) in [5, 5.41) is 12.3. The number of hydrogen-bond donors (Lipinski definition) is 2. The highest BCUT2D eigenvalue weighted by Crippen LogP contribution is 2.39. The van der Waals surface area contributed by atoms with Crippen molar-refractivity contribution in [2.75, 3.05) is 0 Å². The van der Waals surface area contributed by atoms with Crippen molar-refractivity contribution in [1.82, 2.24) is 9.88 Å². The van der Waals surface area contributed by atoms with E-state index in [0.717, 1.165) is 18.2 Å². The molecule has 0 aliphatic heterocycles. The van der Waals surface area contributed by atoms with Gasteiger partial charge in [0.05, 0.1) is 27.8 Å². The summed E-state index contributed by atoms with van der Waals surface area (Å²) in [5.41, 5.74) is -0.0321. The first-order chi connectivity index (χ1) is 20.3. The van der Waals surface area contributed by atoms with Crippen molar-refractivity contribution in [3.63, 3.8) is 0 Å². The van der Waals surface area contributed by atoms with E-state index >= 15 is 0 Å². The van der Waals surface area contributed by atoms with Gasteiger partial charge in [0.2, 0.25) is 0 Å². The molecule has 1 amide bonds. The molecule has 4 aromatic carbocycles. The predicted molar refractivity (Wildman–Crippen MR) is 147 cm³/mol. The Morgan fingerprint density at radius 3 is 2.05 bits per heavy atom. The number of nitrogens with one attached hydrogen (secondary N) is 1. The van der Waals surface area contributed by atoms with Gasteiger partial charge in [-0.05, 0) is 70.8 Å². The fourth-order valence-electron chi connectivity index (χ4n) is 4.83. The number of fused-ring (bicyclic) bond motifs is 1. The molecule has 0 atom stereocenters. The number of alkyl halides is 6. The zero-order valence-corrected chi connectivity index (χ0v) is 22.1. The number of aromatic carboxylic acids is 1. The first-order valence-electron chi connectivity index (χ1n) is 12.9. The van der Waals surface area contributed by atoms with Crippen molar-refractivity contribution < 1.29 is 41.0 Å². The van der Waals surface area contributed by atoms with Crippen LogP contribution in [0.15, 0.2) is 97.2 Å². The van der Waals surface area contributed by atoms with E-state index in [2.05, 4.69) is 5.32 Å². The van der Waals surface area contributed by atoms with E-state index < -0.39 is 35.4 Å². The number of rotatable bonds is 7. The predicted octanol–water partition coefficient (Wildman–Crippen LogP) is 8.02. The van der Waals surface area contributed by atoms with Crippen LogP contribution < -0.4 is 5.32 Å². The van der Waals surface area contributed by atoms with Gasteiger partial charge in [-0.3, -0.25) is 4.79 Å². The maximum Gasteiger partial charge on any atom is 0.417 e. The van der Waals surface area contributed by atoms with E-state index in [1.807, 2.05) is 0 Å². The first kappa shape index (κ1) is 29.4. The molecule has 0 spiro atoms. The molecule has 2 N–H and O–H groups in total. The lowest BCUT2D eigenvalue weighted by Gasteiger charge is -2.16. The van der Waals surface area contributed by atoms with Gasteiger partial charge < -0.3 is 15.0 Å². The number of nitrogens with zero attached hydrogens (tertiary/aromatic N) is 1. The number of amides is 1. The molecule has 0 unspecified atom stereocenters. The summed E-state index contributed by atoms with van der Waals surface area (Å²) in [4.78, 5) is 24.7. The van der Waals surface area contributed by atoms with Crippen LogP contribution in [-0.4, -0.2) is 21.6 Å². The molecule has 5 aromatic rings. The number of benzene rings is 4. The number of carboxylic acid groups (broad SMARTS) is 1. The molecule has 0 bridgehead atoms. The lowest BCUT2D eigenvalue weighted by atomic mass is 9.95. The van der Waals surface area contributed by atoms with Crippen molar-refractivity contribution in [3.8, 4) is 11.1 Å². The van der Waals surface area contributed by atoms with Gasteiger partial charge >= 0.3 is 18.3 Å². The number of carbonyl (C=O) groups is 2. The molecule has 220 valence electrons. The number of carbonyl (C=O) groups excluding carboxylic acids is 1. The molecule has 5 rings (SSSR count). The normalized spacial score (nSPS) is 12.0. The summed E-state index contributed by atoms with van der Waals surface area (Å²) in [7, 11) is 0. The highest BCUT2D eigenvalue weighted by molar-refractivity contribution is 6.08. The molecule has 0 fully saturated rings. The molecule has 0 aliphatic carbocycles. The molecule has 5 nitrogen and oxygen atoms in total. The third kappa shape index (κ3) is 6.40. The molecular weight excluding hydrogens is 574 g/mol. The zero-order valence-electron chi connectivity index (χ0n) is 22.1. The Balaban J connectivity index is 1.55. The number of halogens is 6. The van der Waals surface area contributed by atoms with Crippen LogP contribution in [0.5, 0.6) is 0 Å². The van der Waals surface area contributed by atoms with Gasteiger partial charge in [0.25, 0.3) is 5.91 Å². The molecule has 0 aliphatic rings. The van der Waals surface area contributed by atoms with E-state index in [-0.39, 0.29) is 35.3 Å². The van der Waals surface area contributed by atoms with Crippen molar-refractivity contribution in [2.45, 2.75) is 25.4 Å². The Labute approximate surface area is 241 Å². The van der Waals surface area contributed by atoms with E-state index in [1.165, 1.54) is 66.7 Å². The average Bonchev–Trinajstić information content (AvgIpc) is 3.37. The lowest BCUT2D eigenvalue weighted by molar-refractivity contribution is -0.138. The minimum absolute atomic E-state index is 0.00318. The third-order valence-corrected chi connectivity index (χ3v) is 6.94. The number of carboxylic acids is 1. The standard InChI is InChI=1S/C32H22F6N2O3/c33-31(34,35)24-11-7-20(8-12-24)18-40-14-13-22-15-23(25-3-1-2-4-27(25)32(36,37)38)16-26(28(22)40)29(41)39-17-19-5-9-21(10-6-19)30(42)43/h1-16H,17-18H2,(H,39,41)(H,42,43). The van der Waals surface area contributed by atoms with Crippen LogP contribution in [0, 0.1) is 0 Å². The van der Waals surface area contributed by atoms with Crippen molar-refractivity contribution in [2.24, 2.45) is 0 Å². The maximum atomic E-state index is 13.9. The summed E-state index contributed by atoms with van der Waals surface area (Å²) < 4.78 is 82.3. The Bertz CT molecular complexity index is 1800. The average molecular weight is 597 g/mol. The monoisotopic (exact) mass is 596 g/mol. The highest BCUT2D eigenvalue weighted by Gasteiger charge is 2.34. The number of hydrogen-bond acceptors (Lipinski definition) is 2. The lowest BCUT2D eigenvalue weighted by Crippen LogP contribution is -2.24. The van der Waals surface area contributed by atoms with Gasteiger partial charge in [-0.2, -0.15) is 26.3 Å². The molecule has 43 heavy (non-hydrogen) atoms. The minimum atomic E-state index is -4.65. The van der Waals surface area contributed by atoms with E-state index in [1.54, 1.807) is 16.8 Å². The summed E-state index contributed by atoms with van der Waals surface area (Å²) in [5.74, 6) is -1.71. The summed E-state index contributed by atoms with van der Waals surface area (Å²) >= 11 is 0. The Kier molecular flexibility index (Phi) is 7.74. The van der Waals surface area contributed by atoms with Gasteiger partial charge in [-0.15, -0.1) is 0 Å². The zero-order chi connectivity index (χ0) is 30.9. The van der Waals surface area contributed by atoms with Crippen molar-refractivity contribution >= 4 is 22.8 Å². The molecule has 1 heterocycles. The Morgan fingerprint density at radius 2 is 1.42 bits per heavy atom. The molecule has 11 heteroatoms. The fourth-order valence-corrected chi connectivity index (χ4v) is 4.83. The van der Waals surface area contributed by atoms with Crippen LogP contribution in [0.2, 0.25) is 0 Å². The topological polar surface area (TPSA) is 71.3 Å². The van der Waals surface area contributed by atoms with E-state index in [0.29, 0.717) is 22.0 Å².